The van der Waals surface area contributed by atoms with Crippen molar-refractivity contribution in [2.75, 3.05) is 6.61 Å². The van der Waals surface area contributed by atoms with Crippen LogP contribution in [0.4, 0.5) is 13.2 Å². The molecule has 0 N–H and O–H groups in total. The largest absolute Gasteiger partial charge is 0.462 e. The number of carbonyl (C=O) groups excluding carboxylic acids is 1. The van der Waals surface area contributed by atoms with Gasteiger partial charge in [-0.25, -0.2) is 4.79 Å². The van der Waals surface area contributed by atoms with Crippen LogP contribution in [0.25, 0.3) is 11.0 Å². The summed E-state index contributed by atoms with van der Waals surface area (Å²) in [6.07, 6.45) is 0.215. The van der Waals surface area contributed by atoms with E-state index < -0.39 is 23.5 Å². The minimum atomic E-state index is -4.19. The molecule has 1 aliphatic rings. The third-order valence-electron chi connectivity index (χ3n) is 6.31. The molecule has 2 atom stereocenters. The van der Waals surface area contributed by atoms with Crippen molar-refractivity contribution in [1.82, 2.24) is 9.55 Å². The highest BCUT2D eigenvalue weighted by Crippen LogP contribution is 2.44. The molecule has 1 saturated carbocycles. The predicted octanol–water partition coefficient (Wildman–Crippen LogP) is 5.46. The van der Waals surface area contributed by atoms with Gasteiger partial charge in [0.15, 0.2) is 0 Å². The molecule has 3 aromatic rings. The molecule has 1 aliphatic carbocycles. The van der Waals surface area contributed by atoms with Gasteiger partial charge in [-0.05, 0) is 55.4 Å². The number of alkyl halides is 3. The summed E-state index contributed by atoms with van der Waals surface area (Å²) >= 11 is 0. The molecule has 0 spiro atoms. The minimum Gasteiger partial charge on any atom is -0.462 e. The average Bonchev–Trinajstić information content (AvgIpc) is 2.81. The number of carbonyl (C=O) groups is 1. The number of hydrogen-bond donors (Lipinski definition) is 0. The quantitative estimate of drug-likeness (QED) is 0.477. The second-order valence-corrected chi connectivity index (χ2v) is 8.39. The van der Waals surface area contributed by atoms with Gasteiger partial charge in [0.2, 0.25) is 5.43 Å². The highest BCUT2D eigenvalue weighted by molar-refractivity contribution is 5.92. The number of benzene rings is 1. The van der Waals surface area contributed by atoms with E-state index in [9.17, 15) is 22.8 Å². The Morgan fingerprint density at radius 3 is 2.73 bits per heavy atom. The Hall–Kier alpha value is -3.16. The first-order valence-electron chi connectivity index (χ1n) is 11.1. The average molecular weight is 458 g/mol. The summed E-state index contributed by atoms with van der Waals surface area (Å²) in [7, 11) is 0. The molecular weight excluding hydrogens is 433 g/mol. The van der Waals surface area contributed by atoms with Gasteiger partial charge in [-0.2, -0.15) is 13.2 Å². The van der Waals surface area contributed by atoms with Gasteiger partial charge in [0.1, 0.15) is 11.1 Å². The molecule has 2 heterocycles. The lowest BCUT2D eigenvalue weighted by atomic mass is 9.76. The zero-order chi connectivity index (χ0) is 23.6. The summed E-state index contributed by atoms with van der Waals surface area (Å²) < 4.78 is 47.0. The number of hydrogen-bond acceptors (Lipinski definition) is 4. The molecule has 174 valence electrons. The summed E-state index contributed by atoms with van der Waals surface area (Å²) in [4.78, 5) is 29.4. The van der Waals surface area contributed by atoms with E-state index in [1.54, 1.807) is 23.6 Å². The number of fused-ring (bicyclic) bond motifs is 1. The van der Waals surface area contributed by atoms with Crippen molar-refractivity contribution in [2.24, 2.45) is 5.92 Å². The van der Waals surface area contributed by atoms with E-state index >= 15 is 0 Å². The van der Waals surface area contributed by atoms with Gasteiger partial charge in [0, 0.05) is 18.9 Å². The Morgan fingerprint density at radius 2 is 1.97 bits per heavy atom. The summed E-state index contributed by atoms with van der Waals surface area (Å²) in [6.45, 7) is 2.08. The van der Waals surface area contributed by atoms with Crippen LogP contribution < -0.4 is 5.43 Å². The number of aromatic nitrogens is 2. The maximum atomic E-state index is 13.4. The van der Waals surface area contributed by atoms with E-state index in [2.05, 4.69) is 4.98 Å². The first kappa shape index (κ1) is 23.0. The number of pyridine rings is 2. The van der Waals surface area contributed by atoms with E-state index in [1.165, 1.54) is 12.4 Å². The number of ether oxygens (including phenoxy) is 1. The van der Waals surface area contributed by atoms with Crippen molar-refractivity contribution < 1.29 is 22.7 Å². The number of esters is 1. The fourth-order valence-corrected chi connectivity index (χ4v) is 4.73. The van der Waals surface area contributed by atoms with Crippen LogP contribution >= 0.6 is 0 Å². The second-order valence-electron chi connectivity index (χ2n) is 8.39. The standard InChI is InChI=1S/C25H25F3N2O3/c1-2-33-24(32)20-15-30(21-11-6-12-29-22(21)23(20)31)14-17-7-3-4-10-19(17)16-8-5-9-18(13-16)25(26,27)28/h3-4,6-7,10-12,15-16,18H,2,5,8-9,13-14H2,1H3. The summed E-state index contributed by atoms with van der Waals surface area (Å²) in [6, 6.07) is 10.9. The molecule has 0 saturated heterocycles. The molecule has 0 radical (unpaired) electrons. The highest BCUT2D eigenvalue weighted by Gasteiger charge is 2.42. The van der Waals surface area contributed by atoms with Crippen LogP contribution in [0, 0.1) is 5.92 Å². The van der Waals surface area contributed by atoms with Gasteiger partial charge in [0.05, 0.1) is 18.0 Å². The van der Waals surface area contributed by atoms with Gasteiger partial charge >= 0.3 is 12.1 Å². The Kier molecular flexibility index (Phi) is 6.54. The third-order valence-corrected chi connectivity index (χ3v) is 6.31. The first-order valence-corrected chi connectivity index (χ1v) is 11.1. The molecule has 2 unspecified atom stereocenters. The molecule has 0 aliphatic heterocycles. The number of halogens is 3. The lowest BCUT2D eigenvalue weighted by Crippen LogP contribution is -2.28. The van der Waals surface area contributed by atoms with Crippen LogP contribution in [0.2, 0.25) is 0 Å². The maximum Gasteiger partial charge on any atom is 0.391 e. The smallest absolute Gasteiger partial charge is 0.391 e. The second kappa shape index (κ2) is 9.37. The normalized spacial score (nSPS) is 18.9. The van der Waals surface area contributed by atoms with Crippen LogP contribution in [-0.4, -0.2) is 28.3 Å². The third kappa shape index (κ3) is 4.79. The molecule has 1 fully saturated rings. The van der Waals surface area contributed by atoms with Gasteiger partial charge < -0.3 is 9.30 Å². The molecule has 2 aromatic heterocycles. The van der Waals surface area contributed by atoms with Crippen LogP contribution in [0.15, 0.2) is 53.6 Å². The van der Waals surface area contributed by atoms with E-state index in [1.807, 2.05) is 24.3 Å². The van der Waals surface area contributed by atoms with Crippen LogP contribution in [0.3, 0.4) is 0 Å². The van der Waals surface area contributed by atoms with Crippen molar-refractivity contribution in [3.05, 3.63) is 75.7 Å². The highest BCUT2D eigenvalue weighted by atomic mass is 19.4. The molecule has 8 heteroatoms. The molecule has 4 rings (SSSR count). The van der Waals surface area contributed by atoms with Gasteiger partial charge in [-0.3, -0.25) is 9.78 Å². The fourth-order valence-electron chi connectivity index (χ4n) is 4.73. The van der Waals surface area contributed by atoms with E-state index in [-0.39, 0.29) is 43.0 Å². The zero-order valence-electron chi connectivity index (χ0n) is 18.3. The zero-order valence-corrected chi connectivity index (χ0v) is 18.3. The number of nitrogens with zero attached hydrogens (tertiary/aromatic N) is 2. The van der Waals surface area contributed by atoms with Crippen molar-refractivity contribution in [3.8, 4) is 0 Å². The van der Waals surface area contributed by atoms with Gasteiger partial charge in [0.25, 0.3) is 0 Å². The maximum absolute atomic E-state index is 13.4. The van der Waals surface area contributed by atoms with Crippen LogP contribution in [-0.2, 0) is 11.3 Å². The summed E-state index contributed by atoms with van der Waals surface area (Å²) in [5.74, 6) is -2.22. The minimum absolute atomic E-state index is 0.0705. The lowest BCUT2D eigenvalue weighted by Gasteiger charge is -2.32. The van der Waals surface area contributed by atoms with E-state index in [4.69, 9.17) is 4.74 Å². The van der Waals surface area contributed by atoms with E-state index in [0.29, 0.717) is 18.4 Å². The summed E-state index contributed by atoms with van der Waals surface area (Å²) in [5, 5.41) is 0. The topological polar surface area (TPSA) is 61.2 Å². The Bertz CT molecular complexity index is 1220. The van der Waals surface area contributed by atoms with Crippen LogP contribution in [0.1, 0.15) is 60.0 Å². The van der Waals surface area contributed by atoms with Crippen molar-refractivity contribution in [1.29, 1.82) is 0 Å². The Labute approximate surface area is 189 Å². The van der Waals surface area contributed by atoms with Crippen molar-refractivity contribution >= 4 is 17.0 Å². The molecular formula is C25H25F3N2O3. The van der Waals surface area contributed by atoms with E-state index in [0.717, 1.165) is 11.1 Å². The molecule has 0 amide bonds. The fraction of sp³-hybridized carbons (Fsp3) is 0.400. The molecule has 33 heavy (non-hydrogen) atoms. The van der Waals surface area contributed by atoms with Crippen molar-refractivity contribution in [3.63, 3.8) is 0 Å². The Morgan fingerprint density at radius 1 is 1.18 bits per heavy atom. The molecule has 0 bridgehead atoms. The molecule has 1 aromatic carbocycles. The first-order chi connectivity index (χ1) is 15.8. The SMILES string of the molecule is CCOC(=O)c1cn(Cc2ccccc2C2CCCC(C(F)(F)F)C2)c2cccnc2c1=O. The number of rotatable bonds is 5. The van der Waals surface area contributed by atoms with Gasteiger partial charge in [-0.15, -0.1) is 0 Å². The Balaban J connectivity index is 1.75. The van der Waals surface area contributed by atoms with Gasteiger partial charge in [-0.1, -0.05) is 30.7 Å². The monoisotopic (exact) mass is 458 g/mol. The lowest BCUT2D eigenvalue weighted by molar-refractivity contribution is -0.183. The molecule has 5 nitrogen and oxygen atoms in total. The summed E-state index contributed by atoms with van der Waals surface area (Å²) in [5.41, 5.74) is 1.80. The van der Waals surface area contributed by atoms with Crippen molar-refractivity contribution in [2.45, 2.75) is 51.2 Å². The van der Waals surface area contributed by atoms with Crippen LogP contribution in [0.5, 0.6) is 0 Å². The predicted molar refractivity (Wildman–Crippen MR) is 118 cm³/mol.